The number of phenolic OH excluding ortho intramolecular Hbond substituents is 3. The van der Waals surface area contributed by atoms with Crippen LogP contribution < -0.4 is 0 Å². The summed E-state index contributed by atoms with van der Waals surface area (Å²) >= 11 is 0. The Bertz CT molecular complexity index is 915. The lowest BCUT2D eigenvalue weighted by Crippen LogP contribution is -2.01. The first-order valence-electron chi connectivity index (χ1n) is 6.87. The minimum Gasteiger partial charge on any atom is -0.507 e. The summed E-state index contributed by atoms with van der Waals surface area (Å²) in [6.45, 7) is 0. The Hall–Kier alpha value is -3.21. The topological polar surface area (TPSA) is 87.0 Å². The molecular weight excluding hydrogens is 296 g/mol. The summed E-state index contributed by atoms with van der Waals surface area (Å²) in [6, 6.07) is 12.6. The molecule has 0 bridgehead atoms. The first-order valence-corrected chi connectivity index (χ1v) is 6.87. The van der Waals surface area contributed by atoms with Gasteiger partial charge in [-0.1, -0.05) is 12.1 Å². The molecule has 5 nitrogen and oxygen atoms in total. The van der Waals surface area contributed by atoms with Crippen molar-refractivity contribution in [3.05, 3.63) is 54.1 Å². The van der Waals surface area contributed by atoms with Gasteiger partial charge in [0.1, 0.15) is 22.8 Å². The quantitative estimate of drug-likeness (QED) is 0.499. The van der Waals surface area contributed by atoms with Crippen LogP contribution in [-0.2, 0) is 4.74 Å². The van der Waals surface area contributed by atoms with Gasteiger partial charge in [0, 0.05) is 10.8 Å². The predicted octanol–water partition coefficient (Wildman–Crippen LogP) is 3.41. The molecule has 23 heavy (non-hydrogen) atoms. The van der Waals surface area contributed by atoms with Crippen molar-refractivity contribution in [2.75, 3.05) is 7.11 Å². The molecule has 3 aromatic carbocycles. The van der Waals surface area contributed by atoms with E-state index in [1.165, 1.54) is 31.4 Å². The summed E-state index contributed by atoms with van der Waals surface area (Å²) in [7, 11) is 1.24. The van der Waals surface area contributed by atoms with E-state index in [1.807, 2.05) is 0 Å². The third-order valence-electron chi connectivity index (χ3n) is 3.71. The predicted molar refractivity (Wildman–Crippen MR) is 85.7 cm³/mol. The lowest BCUT2D eigenvalue weighted by Gasteiger charge is -2.09. The van der Waals surface area contributed by atoms with Crippen molar-refractivity contribution in [2.24, 2.45) is 0 Å². The average molecular weight is 310 g/mol. The third kappa shape index (κ3) is 2.53. The molecule has 0 amide bonds. The highest BCUT2D eigenvalue weighted by Gasteiger charge is 2.13. The van der Waals surface area contributed by atoms with E-state index in [0.29, 0.717) is 16.3 Å². The smallest absolute Gasteiger partial charge is 0.341 e. The van der Waals surface area contributed by atoms with E-state index in [2.05, 4.69) is 4.74 Å². The second-order valence-corrected chi connectivity index (χ2v) is 5.09. The second-order valence-electron chi connectivity index (χ2n) is 5.09. The average Bonchev–Trinajstić information content (AvgIpc) is 2.57. The summed E-state index contributed by atoms with van der Waals surface area (Å²) in [4.78, 5) is 11.7. The van der Waals surface area contributed by atoms with Crippen LogP contribution in [0.4, 0.5) is 0 Å². The van der Waals surface area contributed by atoms with Crippen molar-refractivity contribution >= 4 is 16.7 Å². The number of carbonyl (C=O) groups excluding carboxylic acids is 1. The molecule has 0 aliphatic heterocycles. The molecule has 0 unspecified atom stereocenters. The number of carbonyl (C=O) groups is 1. The van der Waals surface area contributed by atoms with Crippen LogP contribution in [0.5, 0.6) is 17.2 Å². The van der Waals surface area contributed by atoms with Gasteiger partial charge in [0.05, 0.1) is 7.11 Å². The van der Waals surface area contributed by atoms with Crippen LogP contribution in [0, 0.1) is 0 Å². The Morgan fingerprint density at radius 2 is 1.35 bits per heavy atom. The highest BCUT2D eigenvalue weighted by molar-refractivity contribution is 5.97. The third-order valence-corrected chi connectivity index (χ3v) is 3.71. The van der Waals surface area contributed by atoms with E-state index >= 15 is 0 Å². The number of aromatic hydroxyl groups is 3. The van der Waals surface area contributed by atoms with E-state index in [1.54, 1.807) is 24.3 Å². The van der Waals surface area contributed by atoms with E-state index < -0.39 is 5.97 Å². The van der Waals surface area contributed by atoms with Crippen LogP contribution in [0.3, 0.4) is 0 Å². The number of methoxy groups -OCH3 is 1. The fraction of sp³-hybridized carbons (Fsp3) is 0.0556. The summed E-state index contributed by atoms with van der Waals surface area (Å²) in [5.74, 6) is -0.676. The van der Waals surface area contributed by atoms with Gasteiger partial charge >= 0.3 is 5.97 Å². The molecule has 0 heterocycles. The van der Waals surface area contributed by atoms with Gasteiger partial charge in [-0.15, -0.1) is 0 Å². The van der Waals surface area contributed by atoms with Crippen molar-refractivity contribution < 1.29 is 24.9 Å². The van der Waals surface area contributed by atoms with Gasteiger partial charge in [-0.25, -0.2) is 4.79 Å². The maximum absolute atomic E-state index is 11.7. The number of hydrogen-bond acceptors (Lipinski definition) is 5. The molecular formula is C18H14O5. The molecule has 3 rings (SSSR count). The van der Waals surface area contributed by atoms with E-state index in [4.69, 9.17) is 0 Å². The maximum atomic E-state index is 11.7. The molecule has 3 N–H and O–H groups in total. The van der Waals surface area contributed by atoms with Gasteiger partial charge in [-0.2, -0.15) is 0 Å². The zero-order valence-electron chi connectivity index (χ0n) is 12.3. The number of rotatable bonds is 2. The molecule has 0 fully saturated rings. The zero-order valence-corrected chi connectivity index (χ0v) is 12.3. The fourth-order valence-electron chi connectivity index (χ4n) is 2.49. The lowest BCUT2D eigenvalue weighted by atomic mass is 9.98. The number of esters is 1. The summed E-state index contributed by atoms with van der Waals surface area (Å²) in [5.41, 5.74) is 1.46. The molecule has 5 heteroatoms. The Morgan fingerprint density at radius 3 is 2.04 bits per heavy atom. The number of benzene rings is 3. The molecule has 0 spiro atoms. The Kier molecular flexibility index (Phi) is 3.54. The Labute approximate surface area is 132 Å². The maximum Gasteiger partial charge on any atom is 0.341 e. The molecule has 0 saturated carbocycles. The molecule has 0 atom stereocenters. The number of ether oxygens (including phenoxy) is 1. The largest absolute Gasteiger partial charge is 0.507 e. The monoisotopic (exact) mass is 310 g/mol. The summed E-state index contributed by atoms with van der Waals surface area (Å²) < 4.78 is 4.64. The number of hydrogen-bond donors (Lipinski definition) is 3. The van der Waals surface area contributed by atoms with Gasteiger partial charge < -0.3 is 20.1 Å². The number of phenols is 3. The standard InChI is InChI=1S/C18H14O5/c1-23-18(22)14-9-11(3-5-17(14)21)10-2-4-12-13(8-10)16(20)7-6-15(12)19/h2-9,19-21H,1H3. The van der Waals surface area contributed by atoms with Crippen molar-refractivity contribution in [2.45, 2.75) is 0 Å². The molecule has 0 saturated heterocycles. The fourth-order valence-corrected chi connectivity index (χ4v) is 2.49. The highest BCUT2D eigenvalue weighted by atomic mass is 16.5. The van der Waals surface area contributed by atoms with Gasteiger partial charge in [-0.3, -0.25) is 0 Å². The minimum atomic E-state index is -0.634. The van der Waals surface area contributed by atoms with Crippen LogP contribution in [0.25, 0.3) is 21.9 Å². The van der Waals surface area contributed by atoms with Crippen molar-refractivity contribution in [1.29, 1.82) is 0 Å². The first kappa shape index (κ1) is 14.7. The van der Waals surface area contributed by atoms with E-state index in [-0.39, 0.29) is 22.8 Å². The first-order chi connectivity index (χ1) is 11.0. The summed E-state index contributed by atoms with van der Waals surface area (Å²) in [6.07, 6.45) is 0. The van der Waals surface area contributed by atoms with Crippen molar-refractivity contribution in [3.8, 4) is 28.4 Å². The van der Waals surface area contributed by atoms with Crippen LogP contribution in [0.15, 0.2) is 48.5 Å². The van der Waals surface area contributed by atoms with Crippen LogP contribution in [0.2, 0.25) is 0 Å². The number of fused-ring (bicyclic) bond motifs is 1. The van der Waals surface area contributed by atoms with Gasteiger partial charge in [0.15, 0.2) is 0 Å². The van der Waals surface area contributed by atoms with Crippen molar-refractivity contribution in [1.82, 2.24) is 0 Å². The molecule has 0 aromatic heterocycles. The highest BCUT2D eigenvalue weighted by Crippen LogP contribution is 2.35. The minimum absolute atomic E-state index is 0.0478. The van der Waals surface area contributed by atoms with Gasteiger partial charge in [0.25, 0.3) is 0 Å². The van der Waals surface area contributed by atoms with E-state index in [9.17, 15) is 20.1 Å². The molecule has 0 aliphatic carbocycles. The normalized spacial score (nSPS) is 10.7. The van der Waals surface area contributed by atoms with Crippen molar-refractivity contribution in [3.63, 3.8) is 0 Å². The molecule has 0 radical (unpaired) electrons. The zero-order chi connectivity index (χ0) is 16.6. The van der Waals surface area contributed by atoms with Crippen LogP contribution >= 0.6 is 0 Å². The molecule has 3 aromatic rings. The Balaban J connectivity index is 2.17. The SMILES string of the molecule is COC(=O)c1cc(-c2ccc3c(O)ccc(O)c3c2)ccc1O. The molecule has 116 valence electrons. The second kappa shape index (κ2) is 5.53. The van der Waals surface area contributed by atoms with Crippen LogP contribution in [-0.4, -0.2) is 28.4 Å². The molecule has 0 aliphatic rings. The van der Waals surface area contributed by atoms with Crippen LogP contribution in [0.1, 0.15) is 10.4 Å². The van der Waals surface area contributed by atoms with Gasteiger partial charge in [0.2, 0.25) is 0 Å². The lowest BCUT2D eigenvalue weighted by molar-refractivity contribution is 0.0597. The Morgan fingerprint density at radius 1 is 0.783 bits per heavy atom. The summed E-state index contributed by atoms with van der Waals surface area (Å²) in [5, 5.41) is 30.6. The van der Waals surface area contributed by atoms with Gasteiger partial charge in [-0.05, 0) is 47.5 Å². The van der Waals surface area contributed by atoms with E-state index in [0.717, 1.165) is 5.56 Å².